The molecule has 10 fully saturated rings. The molecule has 17 N–H and O–H groups in total. The number of carboxylic acid groups (broad SMARTS) is 1. The fourth-order valence-corrected chi connectivity index (χ4v) is 19.1. The van der Waals surface area contributed by atoms with E-state index >= 15 is 4.79 Å². The van der Waals surface area contributed by atoms with Crippen LogP contribution in [0.5, 0.6) is 0 Å². The Labute approximate surface area is 556 Å². The van der Waals surface area contributed by atoms with Crippen LogP contribution in [0.1, 0.15) is 127 Å². The van der Waals surface area contributed by atoms with Gasteiger partial charge in [-0.15, -0.1) is 0 Å². The van der Waals surface area contributed by atoms with Crippen molar-refractivity contribution in [1.82, 2.24) is 0 Å². The Morgan fingerprint density at radius 2 is 1.04 bits per heavy atom. The molecule has 31 nitrogen and oxygen atoms in total. The van der Waals surface area contributed by atoms with Gasteiger partial charge in [0, 0.05) is 0 Å². The second kappa shape index (κ2) is 27.7. The topological polar surface area (TPSA) is 489 Å². The average Bonchev–Trinajstić information content (AvgIpc) is 0.676. The molecule has 0 radical (unpaired) electrons. The Morgan fingerprint density at radius 1 is 0.500 bits per heavy atom. The highest BCUT2D eigenvalue weighted by atomic mass is 16.8. The number of hydrogen-bond donors (Lipinski definition) is 17. The third kappa shape index (κ3) is 12.7. The molecule has 6 aliphatic heterocycles. The van der Waals surface area contributed by atoms with Gasteiger partial charge < -0.3 is 144 Å². The minimum atomic E-state index is -2.05. The number of ether oxygens (including phenoxy) is 12. The van der Waals surface area contributed by atoms with Gasteiger partial charge in [0.1, 0.15) is 116 Å². The summed E-state index contributed by atoms with van der Waals surface area (Å²) in [6.45, 7) is 16.3. The lowest BCUT2D eigenvalue weighted by Gasteiger charge is -2.71. The molecule has 11 aliphatic rings. The van der Waals surface area contributed by atoms with Crippen LogP contribution < -0.4 is 0 Å². The van der Waals surface area contributed by atoms with Crippen LogP contribution in [0.4, 0.5) is 0 Å². The molecule has 4 saturated carbocycles. The van der Waals surface area contributed by atoms with Crippen molar-refractivity contribution in [3.8, 4) is 0 Å². The van der Waals surface area contributed by atoms with E-state index in [9.17, 15) is 91.6 Å². The van der Waals surface area contributed by atoms with Crippen molar-refractivity contribution >= 4 is 11.9 Å². The molecular weight excluding hydrogens is 1280 g/mol. The van der Waals surface area contributed by atoms with Gasteiger partial charge in [-0.3, -0.25) is 4.79 Å². The molecule has 0 aromatic rings. The Balaban J connectivity index is 0.835. The summed E-state index contributed by atoms with van der Waals surface area (Å²) in [6.07, 6.45) is -42.9. The first-order valence-corrected chi connectivity index (χ1v) is 34.0. The van der Waals surface area contributed by atoms with Crippen LogP contribution in [0.3, 0.4) is 0 Å². The second-order valence-electron chi connectivity index (χ2n) is 31.4. The average molecular weight is 1380 g/mol. The van der Waals surface area contributed by atoms with Crippen molar-refractivity contribution in [3.63, 3.8) is 0 Å². The zero-order chi connectivity index (χ0) is 70.2. The number of rotatable bonds is 15. The van der Waals surface area contributed by atoms with Gasteiger partial charge in [-0.2, -0.15) is 0 Å². The van der Waals surface area contributed by atoms with Crippen LogP contribution in [-0.4, -0.2) is 303 Å². The smallest absolute Gasteiger partial charge is 0.335 e. The van der Waals surface area contributed by atoms with Crippen molar-refractivity contribution in [3.05, 3.63) is 11.6 Å². The Bertz CT molecular complexity index is 2760. The highest BCUT2D eigenvalue weighted by Crippen LogP contribution is 2.76. The fourth-order valence-electron chi connectivity index (χ4n) is 19.1. The highest BCUT2D eigenvalue weighted by molar-refractivity contribution is 5.79. The van der Waals surface area contributed by atoms with E-state index in [1.54, 1.807) is 0 Å². The standard InChI is InChI=1S/C65H104O31/c1-24-34(69)40(75)50(95-56-46(81)48(92-54-44(79)38(73)36(71)29(21-66)88-54)47(25(2)87-56)91-53-43(78)35(70)28(68)23-85-53)57(86-24)96-59(84)65-18-16-60(3,4)20-27(65)26-10-11-32-62(7)14-13-33(61(5,6)31(62)12-15-64(32,9)63(26,8)17-19-65)90-58-51(42(77)41(76)49(93-58)52(82)83)94-55-45(80)39(74)37(72)30(22-67)89-55/h10,24-25,27-51,53-58,66-81H,11-23H2,1-9H3,(H,82,83)/t24-,25+,27+,28-,29-,30-,31+,32-,33+,34+,35+,36-,37+,38+,39+,40+,41+,42+,43-,44-,45-,46-,47+,48+,49+,50-,51-,53+,54+,55+,56+,57+,58-,62+,63-,64-,65+/m1/s1. The Morgan fingerprint density at radius 3 is 1.65 bits per heavy atom. The SMILES string of the molecule is C[C@@H]1O[C@@H](O[C@H]2[C@H](OC(=O)[C@]34CCC(C)(C)C[C@H]3C3=CC[C@@H]5[C@@]6(C)CC[C@H](O[C@@H]7O[C@H](C(=O)O)[C@@H](O)[C@H](O)[C@H]7O[C@@H]7O[C@H](CO)[C@H](O)[C@H](O)[C@H]7O)C(C)(C)[C@@H]6CC[C@@]5(C)[C@]3(C)CC4)O[C@H](C)[C@H](O)[C@@H]2O)[C@H](O)[C@H](O[C@@H]2O[C@H](CO)[C@@H](O)[C@H](O)[C@H]2O)[C@H]1O[C@@H]1OC[C@@H](O)[C@H](O)[C@H]1O. The summed E-state index contributed by atoms with van der Waals surface area (Å²) in [4.78, 5) is 28.2. The molecule has 6 heterocycles. The number of esters is 1. The van der Waals surface area contributed by atoms with E-state index in [1.165, 1.54) is 13.8 Å². The van der Waals surface area contributed by atoms with Gasteiger partial charge in [0.05, 0.1) is 43.5 Å². The summed E-state index contributed by atoms with van der Waals surface area (Å²) >= 11 is 0. The Kier molecular flexibility index (Phi) is 21.5. The van der Waals surface area contributed by atoms with Crippen LogP contribution in [0, 0.1) is 50.2 Å². The zero-order valence-electron chi connectivity index (χ0n) is 55.6. The van der Waals surface area contributed by atoms with Gasteiger partial charge in [0.25, 0.3) is 0 Å². The predicted molar refractivity (Wildman–Crippen MR) is 320 cm³/mol. The molecule has 0 bridgehead atoms. The molecule has 5 aliphatic carbocycles. The van der Waals surface area contributed by atoms with Gasteiger partial charge >= 0.3 is 11.9 Å². The maximum Gasteiger partial charge on any atom is 0.335 e. The van der Waals surface area contributed by atoms with Crippen molar-refractivity contribution in [2.45, 2.75) is 311 Å². The minimum Gasteiger partial charge on any atom is -0.479 e. The number of carbonyl (C=O) groups is 2. The first-order valence-electron chi connectivity index (χ1n) is 34.0. The molecule has 31 heteroatoms. The lowest BCUT2D eigenvalue weighted by atomic mass is 9.33. The van der Waals surface area contributed by atoms with Gasteiger partial charge in [-0.05, 0) is 123 Å². The van der Waals surface area contributed by atoms with E-state index in [2.05, 4.69) is 54.5 Å². The Hall–Kier alpha value is -2.40. The third-order valence-electron chi connectivity index (χ3n) is 25.1. The molecule has 0 spiro atoms. The lowest BCUT2D eigenvalue weighted by molar-refractivity contribution is -0.394. The molecule has 96 heavy (non-hydrogen) atoms. The van der Waals surface area contributed by atoms with E-state index in [4.69, 9.17) is 56.8 Å². The molecule has 0 amide bonds. The monoisotopic (exact) mass is 1380 g/mol. The number of allylic oxidation sites excluding steroid dienone is 2. The van der Waals surface area contributed by atoms with E-state index in [0.29, 0.717) is 51.4 Å². The summed E-state index contributed by atoms with van der Waals surface area (Å²) in [5.41, 5.74) is -2.00. The number of hydrogen-bond acceptors (Lipinski definition) is 30. The normalized spacial score (nSPS) is 54.1. The van der Waals surface area contributed by atoms with Crippen molar-refractivity contribution in [2.24, 2.45) is 50.2 Å². The molecule has 0 aromatic carbocycles. The second-order valence-corrected chi connectivity index (χ2v) is 31.4. The van der Waals surface area contributed by atoms with Crippen molar-refractivity contribution in [1.29, 1.82) is 0 Å². The van der Waals surface area contributed by atoms with Crippen LogP contribution in [0.15, 0.2) is 11.6 Å². The zero-order valence-corrected chi connectivity index (χ0v) is 55.6. The first kappa shape index (κ1) is 74.8. The molecule has 6 saturated heterocycles. The van der Waals surface area contributed by atoms with Crippen LogP contribution >= 0.6 is 0 Å². The van der Waals surface area contributed by atoms with E-state index in [0.717, 1.165) is 18.4 Å². The van der Waals surface area contributed by atoms with Crippen LogP contribution in [-0.2, 0) is 66.4 Å². The summed E-state index contributed by atoms with van der Waals surface area (Å²) in [6, 6.07) is 0. The van der Waals surface area contributed by atoms with Gasteiger partial charge in [-0.1, -0.05) is 60.1 Å². The fraction of sp³-hybridized carbons (Fsp3) is 0.938. The van der Waals surface area contributed by atoms with Gasteiger partial charge in [0.15, 0.2) is 43.7 Å². The largest absolute Gasteiger partial charge is 0.479 e. The quantitative estimate of drug-likeness (QED) is 0.0428. The number of aliphatic hydroxyl groups is 16. The molecule has 550 valence electrons. The number of carbonyl (C=O) groups excluding carboxylic acids is 1. The maximum absolute atomic E-state index is 15.8. The van der Waals surface area contributed by atoms with E-state index in [1.807, 2.05) is 0 Å². The van der Waals surface area contributed by atoms with Crippen molar-refractivity contribution in [2.75, 3.05) is 19.8 Å². The van der Waals surface area contributed by atoms with Crippen LogP contribution in [0.2, 0.25) is 0 Å². The molecule has 37 atom stereocenters. The minimum absolute atomic E-state index is 0.0114. The maximum atomic E-state index is 15.8. The number of carboxylic acids is 1. The molecular formula is C65H104O31. The third-order valence-corrected chi connectivity index (χ3v) is 25.1. The molecule has 0 aromatic heterocycles. The highest BCUT2D eigenvalue weighted by Gasteiger charge is 2.71. The number of aliphatic hydroxyl groups excluding tert-OH is 16. The van der Waals surface area contributed by atoms with Gasteiger partial charge in [0.2, 0.25) is 6.29 Å². The summed E-state index contributed by atoms with van der Waals surface area (Å²) in [5, 5.41) is 184. The number of fused-ring (bicyclic) bond motifs is 7. The lowest BCUT2D eigenvalue weighted by Crippen LogP contribution is -2.67. The summed E-state index contributed by atoms with van der Waals surface area (Å²) < 4.78 is 72.9. The number of aliphatic carboxylic acids is 1. The van der Waals surface area contributed by atoms with E-state index in [-0.39, 0.29) is 34.0 Å². The summed E-state index contributed by atoms with van der Waals surface area (Å²) in [5.74, 6) is -2.48. The molecule has 0 unspecified atom stereocenters. The van der Waals surface area contributed by atoms with Crippen molar-refractivity contribution < 1.29 is 153 Å². The van der Waals surface area contributed by atoms with E-state index < -0.39 is 232 Å². The van der Waals surface area contributed by atoms with Crippen LogP contribution in [0.25, 0.3) is 0 Å². The first-order chi connectivity index (χ1) is 44.9. The summed E-state index contributed by atoms with van der Waals surface area (Å²) in [7, 11) is 0. The predicted octanol–water partition coefficient (Wildman–Crippen LogP) is -3.60. The molecule has 11 rings (SSSR count). The van der Waals surface area contributed by atoms with Gasteiger partial charge in [-0.25, -0.2) is 4.79 Å².